The van der Waals surface area contributed by atoms with Crippen LogP contribution in [0.4, 0.5) is 0 Å². The monoisotopic (exact) mass is 323 g/mol. The molecular weight excluding hydrogens is 290 g/mol. The second-order valence-electron chi connectivity index (χ2n) is 7.99. The standard InChI is InChI=1S/C18H33N3O2/c22-17(23)15-21-13-6-18(7-14-21)4-11-20(12-5-18)10-3-16-1-8-19-9-2-16/h16,19H,1-15H2,(H,22,23). The molecule has 0 amide bonds. The Morgan fingerprint density at radius 2 is 1.57 bits per heavy atom. The number of aliphatic carboxylic acids is 1. The van der Waals surface area contributed by atoms with Gasteiger partial charge in [-0.3, -0.25) is 9.69 Å². The minimum Gasteiger partial charge on any atom is -0.480 e. The second-order valence-corrected chi connectivity index (χ2v) is 7.99. The zero-order chi connectivity index (χ0) is 16.1. The summed E-state index contributed by atoms with van der Waals surface area (Å²) in [6, 6.07) is 0. The molecule has 3 aliphatic rings. The van der Waals surface area contributed by atoms with Gasteiger partial charge in [0.25, 0.3) is 0 Å². The van der Waals surface area contributed by atoms with Gasteiger partial charge in [0.05, 0.1) is 6.54 Å². The fourth-order valence-electron chi connectivity index (χ4n) is 4.66. The first-order chi connectivity index (χ1) is 11.2. The molecule has 0 radical (unpaired) electrons. The van der Waals surface area contributed by atoms with Crippen molar-refractivity contribution in [1.82, 2.24) is 15.1 Å². The van der Waals surface area contributed by atoms with Crippen molar-refractivity contribution in [3.8, 4) is 0 Å². The molecule has 0 atom stereocenters. The Morgan fingerprint density at radius 1 is 1.00 bits per heavy atom. The molecule has 3 rings (SSSR count). The van der Waals surface area contributed by atoms with Crippen molar-refractivity contribution in [3.05, 3.63) is 0 Å². The summed E-state index contributed by atoms with van der Waals surface area (Å²) >= 11 is 0. The number of carbonyl (C=O) groups is 1. The lowest BCUT2D eigenvalue weighted by Gasteiger charge is -2.47. The van der Waals surface area contributed by atoms with E-state index in [0.717, 1.165) is 19.0 Å². The Hall–Kier alpha value is -0.650. The van der Waals surface area contributed by atoms with E-state index in [2.05, 4.69) is 15.1 Å². The summed E-state index contributed by atoms with van der Waals surface area (Å²) in [6.07, 6.45) is 9.13. The van der Waals surface area contributed by atoms with Crippen LogP contribution in [-0.2, 0) is 4.79 Å². The van der Waals surface area contributed by atoms with Crippen LogP contribution in [0.25, 0.3) is 0 Å². The third kappa shape index (κ3) is 4.91. The van der Waals surface area contributed by atoms with Crippen molar-refractivity contribution in [2.45, 2.75) is 44.9 Å². The lowest BCUT2D eigenvalue weighted by molar-refractivity contribution is -0.139. The van der Waals surface area contributed by atoms with E-state index in [-0.39, 0.29) is 6.54 Å². The normalized spacial score (nSPS) is 27.3. The molecule has 2 N–H and O–H groups in total. The molecule has 1 spiro atoms. The lowest BCUT2D eigenvalue weighted by Crippen LogP contribution is -2.48. The molecule has 0 saturated carbocycles. The van der Waals surface area contributed by atoms with Crippen molar-refractivity contribution in [2.75, 3.05) is 52.4 Å². The Labute approximate surface area is 140 Å². The van der Waals surface area contributed by atoms with E-state index in [1.165, 1.54) is 77.7 Å². The highest BCUT2D eigenvalue weighted by molar-refractivity contribution is 5.69. The number of piperidine rings is 3. The van der Waals surface area contributed by atoms with Gasteiger partial charge in [0.2, 0.25) is 0 Å². The van der Waals surface area contributed by atoms with Crippen molar-refractivity contribution in [3.63, 3.8) is 0 Å². The van der Waals surface area contributed by atoms with Crippen molar-refractivity contribution in [1.29, 1.82) is 0 Å². The maximum Gasteiger partial charge on any atom is 0.317 e. The van der Waals surface area contributed by atoms with Crippen LogP contribution >= 0.6 is 0 Å². The Morgan fingerprint density at radius 3 is 2.13 bits per heavy atom. The molecule has 132 valence electrons. The Balaban J connectivity index is 1.36. The van der Waals surface area contributed by atoms with Crippen LogP contribution in [0.3, 0.4) is 0 Å². The van der Waals surface area contributed by atoms with Crippen LogP contribution in [-0.4, -0.2) is 73.2 Å². The second kappa shape index (κ2) is 7.95. The van der Waals surface area contributed by atoms with Crippen molar-refractivity contribution in [2.24, 2.45) is 11.3 Å². The summed E-state index contributed by atoms with van der Waals surface area (Å²) < 4.78 is 0. The molecular formula is C18H33N3O2. The summed E-state index contributed by atoms with van der Waals surface area (Å²) in [5.41, 5.74) is 0.514. The molecule has 0 aliphatic carbocycles. The molecule has 0 bridgehead atoms. The van der Waals surface area contributed by atoms with Crippen LogP contribution in [0.1, 0.15) is 44.9 Å². The highest BCUT2D eigenvalue weighted by Crippen LogP contribution is 2.41. The van der Waals surface area contributed by atoms with Gasteiger partial charge in [-0.2, -0.15) is 0 Å². The molecule has 3 fully saturated rings. The first kappa shape index (κ1) is 17.2. The predicted molar refractivity (Wildman–Crippen MR) is 91.6 cm³/mol. The Bertz CT molecular complexity index is 378. The maximum atomic E-state index is 10.8. The average molecular weight is 323 g/mol. The van der Waals surface area contributed by atoms with Gasteiger partial charge >= 0.3 is 5.97 Å². The number of likely N-dealkylation sites (tertiary alicyclic amines) is 2. The Kier molecular flexibility index (Phi) is 5.94. The van der Waals surface area contributed by atoms with Crippen LogP contribution in [0, 0.1) is 11.3 Å². The summed E-state index contributed by atoms with van der Waals surface area (Å²) in [5.74, 6) is 0.250. The summed E-state index contributed by atoms with van der Waals surface area (Å²) in [7, 11) is 0. The number of hydrogen-bond donors (Lipinski definition) is 2. The minimum absolute atomic E-state index is 0.221. The largest absolute Gasteiger partial charge is 0.480 e. The molecule has 5 heteroatoms. The number of carboxylic acids is 1. The molecule has 3 aliphatic heterocycles. The third-order valence-electron chi connectivity index (χ3n) is 6.50. The fraction of sp³-hybridized carbons (Fsp3) is 0.944. The average Bonchev–Trinajstić information content (AvgIpc) is 2.57. The van der Waals surface area contributed by atoms with E-state index in [0.29, 0.717) is 5.41 Å². The molecule has 5 nitrogen and oxygen atoms in total. The van der Waals surface area contributed by atoms with Gasteiger partial charge in [-0.1, -0.05) is 0 Å². The van der Waals surface area contributed by atoms with Gasteiger partial charge in [-0.15, -0.1) is 0 Å². The predicted octanol–water partition coefficient (Wildman–Crippen LogP) is 1.64. The highest BCUT2D eigenvalue weighted by Gasteiger charge is 2.37. The molecule has 23 heavy (non-hydrogen) atoms. The minimum atomic E-state index is -0.686. The summed E-state index contributed by atoms with van der Waals surface area (Å²) in [6.45, 7) is 8.38. The SMILES string of the molecule is O=C(O)CN1CCC2(CCN(CCC3CCNCC3)CC2)CC1. The van der Waals surface area contributed by atoms with Gasteiger partial charge < -0.3 is 15.3 Å². The summed E-state index contributed by atoms with van der Waals surface area (Å²) in [5, 5.41) is 12.4. The number of nitrogens with zero attached hydrogens (tertiary/aromatic N) is 2. The van der Waals surface area contributed by atoms with Gasteiger partial charge in [-0.05, 0) is 102 Å². The smallest absolute Gasteiger partial charge is 0.317 e. The molecule has 0 aromatic rings. The van der Waals surface area contributed by atoms with E-state index in [1.54, 1.807) is 0 Å². The molecule has 0 aromatic heterocycles. The zero-order valence-electron chi connectivity index (χ0n) is 14.4. The van der Waals surface area contributed by atoms with Gasteiger partial charge in [0, 0.05) is 0 Å². The van der Waals surface area contributed by atoms with E-state index in [1.807, 2.05) is 0 Å². The molecule has 0 unspecified atom stereocenters. The quantitative estimate of drug-likeness (QED) is 0.805. The first-order valence-corrected chi connectivity index (χ1v) is 9.52. The number of hydrogen-bond acceptors (Lipinski definition) is 4. The zero-order valence-corrected chi connectivity index (χ0v) is 14.4. The third-order valence-corrected chi connectivity index (χ3v) is 6.50. The highest BCUT2D eigenvalue weighted by atomic mass is 16.4. The van der Waals surface area contributed by atoms with E-state index in [9.17, 15) is 4.79 Å². The van der Waals surface area contributed by atoms with Crippen LogP contribution in [0.5, 0.6) is 0 Å². The van der Waals surface area contributed by atoms with E-state index < -0.39 is 5.97 Å². The van der Waals surface area contributed by atoms with E-state index >= 15 is 0 Å². The molecule has 0 aromatic carbocycles. The topological polar surface area (TPSA) is 55.8 Å². The van der Waals surface area contributed by atoms with Gasteiger partial charge in [0.15, 0.2) is 0 Å². The molecule has 3 heterocycles. The van der Waals surface area contributed by atoms with Crippen LogP contribution in [0.2, 0.25) is 0 Å². The van der Waals surface area contributed by atoms with E-state index in [4.69, 9.17) is 5.11 Å². The lowest BCUT2D eigenvalue weighted by atomic mass is 9.71. The maximum absolute atomic E-state index is 10.8. The van der Waals surface area contributed by atoms with Crippen LogP contribution < -0.4 is 5.32 Å². The molecule has 3 saturated heterocycles. The van der Waals surface area contributed by atoms with Gasteiger partial charge in [-0.25, -0.2) is 0 Å². The van der Waals surface area contributed by atoms with Crippen molar-refractivity contribution < 1.29 is 9.90 Å². The fourth-order valence-corrected chi connectivity index (χ4v) is 4.66. The number of carboxylic acid groups (broad SMARTS) is 1. The van der Waals surface area contributed by atoms with Crippen molar-refractivity contribution >= 4 is 5.97 Å². The number of rotatable bonds is 5. The number of nitrogens with one attached hydrogen (secondary N) is 1. The van der Waals surface area contributed by atoms with Crippen LogP contribution in [0.15, 0.2) is 0 Å². The van der Waals surface area contributed by atoms with Gasteiger partial charge in [0.1, 0.15) is 0 Å². The summed E-state index contributed by atoms with van der Waals surface area (Å²) in [4.78, 5) is 15.6. The first-order valence-electron chi connectivity index (χ1n) is 9.52.